The average molecular weight is 360 g/mol. The van der Waals surface area contributed by atoms with Crippen LogP contribution < -0.4 is 5.32 Å². The minimum atomic E-state index is -0.247. The highest BCUT2D eigenvalue weighted by atomic mass is 35.5. The number of pyridine rings is 1. The van der Waals surface area contributed by atoms with E-state index in [0.717, 1.165) is 37.1 Å². The van der Waals surface area contributed by atoms with Crippen molar-refractivity contribution in [1.29, 1.82) is 0 Å². The molecule has 6 heteroatoms. The van der Waals surface area contributed by atoms with Crippen LogP contribution >= 0.6 is 11.6 Å². The number of likely N-dealkylation sites (tertiary alicyclic amines) is 1. The molecule has 1 aliphatic rings. The van der Waals surface area contributed by atoms with Crippen LogP contribution in [-0.2, 0) is 4.79 Å². The topological polar surface area (TPSA) is 65.5 Å². The molecule has 1 aromatic heterocycles. The third-order valence-corrected chi connectivity index (χ3v) is 4.72. The van der Waals surface area contributed by atoms with Crippen molar-refractivity contribution in [2.24, 2.45) is 0 Å². The molecular formula is C19H22ClN3O2. The Kier molecular flexibility index (Phi) is 6.02. The molecule has 2 aromatic rings. The summed E-state index contributed by atoms with van der Waals surface area (Å²) >= 11 is 5.98. The number of carbonyl (C=O) groups excluding carboxylic acids is 1. The Labute approximate surface area is 152 Å². The molecule has 0 unspecified atom stereocenters. The smallest absolute Gasteiger partial charge is 0.234 e. The maximum Gasteiger partial charge on any atom is 0.234 e. The molecule has 2 heterocycles. The lowest BCUT2D eigenvalue weighted by molar-refractivity contribution is -0.123. The fraction of sp³-hybridized carbons (Fsp3) is 0.368. The van der Waals surface area contributed by atoms with E-state index >= 15 is 0 Å². The summed E-state index contributed by atoms with van der Waals surface area (Å²) in [4.78, 5) is 18.7. The highest BCUT2D eigenvalue weighted by Crippen LogP contribution is 2.23. The Morgan fingerprint density at radius 3 is 2.40 bits per heavy atom. The predicted octanol–water partition coefficient (Wildman–Crippen LogP) is 2.40. The van der Waals surface area contributed by atoms with Gasteiger partial charge in [0.1, 0.15) is 0 Å². The summed E-state index contributed by atoms with van der Waals surface area (Å²) in [7, 11) is 0. The zero-order valence-electron chi connectivity index (χ0n) is 13.9. The van der Waals surface area contributed by atoms with Crippen molar-refractivity contribution in [3.8, 4) is 0 Å². The minimum absolute atomic E-state index is 0.0341. The Hall–Kier alpha value is -1.95. The molecule has 5 nitrogen and oxygen atoms in total. The fourth-order valence-electron chi connectivity index (χ4n) is 3.06. The molecular weight excluding hydrogens is 338 g/mol. The van der Waals surface area contributed by atoms with Gasteiger partial charge in [-0.05, 0) is 48.2 Å². The van der Waals surface area contributed by atoms with E-state index in [2.05, 4.69) is 15.2 Å². The molecule has 0 spiro atoms. The minimum Gasteiger partial charge on any atom is -0.393 e. The van der Waals surface area contributed by atoms with Gasteiger partial charge in [0.2, 0.25) is 5.91 Å². The number of aromatic nitrogens is 1. The number of nitrogens with zero attached hydrogens (tertiary/aromatic N) is 2. The highest BCUT2D eigenvalue weighted by molar-refractivity contribution is 6.30. The molecule has 1 amide bonds. The summed E-state index contributed by atoms with van der Waals surface area (Å²) in [5.74, 6) is -0.0341. The van der Waals surface area contributed by atoms with Crippen molar-refractivity contribution >= 4 is 17.5 Å². The third-order valence-electron chi connectivity index (χ3n) is 4.47. The second kappa shape index (κ2) is 8.43. The Bertz CT molecular complexity index is 686. The number of aliphatic hydroxyl groups is 1. The maximum absolute atomic E-state index is 12.6. The number of hydrogen-bond donors (Lipinski definition) is 2. The lowest BCUT2D eigenvalue weighted by Gasteiger charge is -2.29. The SMILES string of the molecule is O=C(CN1CCC(O)CC1)N[C@H](c1ccncc1)c1ccc(Cl)cc1. The Balaban J connectivity index is 1.71. The molecule has 2 N–H and O–H groups in total. The molecule has 1 fully saturated rings. The molecule has 0 radical (unpaired) electrons. The van der Waals surface area contributed by atoms with Gasteiger partial charge in [-0.3, -0.25) is 14.7 Å². The van der Waals surface area contributed by atoms with Gasteiger partial charge < -0.3 is 10.4 Å². The lowest BCUT2D eigenvalue weighted by atomic mass is 9.99. The first-order valence-electron chi connectivity index (χ1n) is 8.47. The second-order valence-electron chi connectivity index (χ2n) is 6.34. The van der Waals surface area contributed by atoms with E-state index in [1.54, 1.807) is 12.4 Å². The van der Waals surface area contributed by atoms with Crippen LogP contribution in [0.1, 0.15) is 30.0 Å². The molecule has 25 heavy (non-hydrogen) atoms. The van der Waals surface area contributed by atoms with Gasteiger partial charge in [-0.1, -0.05) is 23.7 Å². The van der Waals surface area contributed by atoms with E-state index in [1.807, 2.05) is 36.4 Å². The van der Waals surface area contributed by atoms with Gasteiger partial charge in [0.15, 0.2) is 0 Å². The van der Waals surface area contributed by atoms with Crippen LogP contribution in [0.15, 0.2) is 48.8 Å². The van der Waals surface area contributed by atoms with Crippen LogP contribution in [0.4, 0.5) is 0 Å². The number of benzene rings is 1. The molecule has 0 saturated carbocycles. The van der Waals surface area contributed by atoms with Crippen molar-refractivity contribution in [1.82, 2.24) is 15.2 Å². The van der Waals surface area contributed by atoms with E-state index in [-0.39, 0.29) is 18.1 Å². The molecule has 1 aromatic carbocycles. The summed E-state index contributed by atoms with van der Waals surface area (Å²) in [6.07, 6.45) is 4.64. The lowest BCUT2D eigenvalue weighted by Crippen LogP contribution is -2.43. The van der Waals surface area contributed by atoms with E-state index in [1.165, 1.54) is 0 Å². The standard InChI is InChI=1S/C19H22ClN3O2/c20-16-3-1-14(2-4-16)19(15-5-9-21-10-6-15)22-18(25)13-23-11-7-17(24)8-12-23/h1-6,9-10,17,19,24H,7-8,11-13H2,(H,22,25)/t19-/m0/s1. The van der Waals surface area contributed by atoms with Crippen LogP contribution in [0.2, 0.25) is 5.02 Å². The molecule has 3 rings (SSSR count). The van der Waals surface area contributed by atoms with Gasteiger partial charge in [-0.15, -0.1) is 0 Å². The summed E-state index contributed by atoms with van der Waals surface area (Å²) < 4.78 is 0. The molecule has 1 aliphatic heterocycles. The summed E-state index contributed by atoms with van der Waals surface area (Å²) in [6.45, 7) is 1.83. The monoisotopic (exact) mass is 359 g/mol. The van der Waals surface area contributed by atoms with E-state index < -0.39 is 0 Å². The first-order chi connectivity index (χ1) is 12.1. The van der Waals surface area contributed by atoms with E-state index in [9.17, 15) is 9.90 Å². The summed E-state index contributed by atoms with van der Waals surface area (Å²) in [6, 6.07) is 11.0. The van der Waals surface area contributed by atoms with Gasteiger partial charge in [-0.25, -0.2) is 0 Å². The van der Waals surface area contributed by atoms with Gasteiger partial charge in [-0.2, -0.15) is 0 Å². The largest absolute Gasteiger partial charge is 0.393 e. The number of piperidine rings is 1. The molecule has 132 valence electrons. The van der Waals surface area contributed by atoms with Crippen LogP contribution in [0.25, 0.3) is 0 Å². The zero-order valence-corrected chi connectivity index (χ0v) is 14.7. The highest BCUT2D eigenvalue weighted by Gasteiger charge is 2.21. The predicted molar refractivity (Wildman–Crippen MR) is 97.4 cm³/mol. The van der Waals surface area contributed by atoms with E-state index in [0.29, 0.717) is 11.6 Å². The number of nitrogens with one attached hydrogen (secondary N) is 1. The summed E-state index contributed by atoms with van der Waals surface area (Å²) in [5, 5.41) is 13.4. The number of hydrogen-bond acceptors (Lipinski definition) is 4. The van der Waals surface area contributed by atoms with Crippen molar-refractivity contribution in [2.45, 2.75) is 25.0 Å². The van der Waals surface area contributed by atoms with Crippen molar-refractivity contribution in [2.75, 3.05) is 19.6 Å². The van der Waals surface area contributed by atoms with Crippen LogP contribution in [0, 0.1) is 0 Å². The molecule has 0 aliphatic carbocycles. The number of halogens is 1. The van der Waals surface area contributed by atoms with E-state index in [4.69, 9.17) is 11.6 Å². The second-order valence-corrected chi connectivity index (χ2v) is 6.78. The van der Waals surface area contributed by atoms with Gasteiger partial charge in [0.25, 0.3) is 0 Å². The molecule has 1 atom stereocenters. The number of amides is 1. The first-order valence-corrected chi connectivity index (χ1v) is 8.85. The Morgan fingerprint density at radius 2 is 1.76 bits per heavy atom. The quantitative estimate of drug-likeness (QED) is 0.860. The number of carbonyl (C=O) groups is 1. The zero-order chi connectivity index (χ0) is 17.6. The van der Waals surface area contributed by atoms with Gasteiger partial charge in [0, 0.05) is 30.5 Å². The Morgan fingerprint density at radius 1 is 1.16 bits per heavy atom. The number of rotatable bonds is 5. The summed E-state index contributed by atoms with van der Waals surface area (Å²) in [5.41, 5.74) is 1.94. The van der Waals surface area contributed by atoms with Crippen molar-refractivity contribution in [3.63, 3.8) is 0 Å². The van der Waals surface area contributed by atoms with Gasteiger partial charge in [0.05, 0.1) is 18.7 Å². The molecule has 0 bridgehead atoms. The van der Waals surface area contributed by atoms with Crippen LogP contribution in [-0.4, -0.2) is 46.6 Å². The van der Waals surface area contributed by atoms with Crippen LogP contribution in [0.5, 0.6) is 0 Å². The van der Waals surface area contributed by atoms with Crippen molar-refractivity contribution in [3.05, 3.63) is 64.9 Å². The van der Waals surface area contributed by atoms with Crippen LogP contribution in [0.3, 0.4) is 0 Å². The maximum atomic E-state index is 12.6. The fourth-order valence-corrected chi connectivity index (χ4v) is 3.18. The average Bonchev–Trinajstić information content (AvgIpc) is 2.63. The first kappa shape index (κ1) is 17.9. The normalized spacial score (nSPS) is 17.2. The number of aliphatic hydroxyl groups excluding tert-OH is 1. The molecule has 1 saturated heterocycles. The third kappa shape index (κ3) is 5.01. The van der Waals surface area contributed by atoms with Gasteiger partial charge >= 0.3 is 0 Å². The van der Waals surface area contributed by atoms with Crippen molar-refractivity contribution < 1.29 is 9.90 Å².